The lowest BCUT2D eigenvalue weighted by atomic mass is 9.78. The standard InChI is InChI=1S/C21H22F3NO2/c1-2-3-13-4-6-14(7-5-13)15-8-10-16(11-9-15)21(26)27-18-12-17(22)19(23)25-20(18)24/h4-7,12,15-16H,2-3,8-11H2,1H3/t15-,16-. The summed E-state index contributed by atoms with van der Waals surface area (Å²) in [6.45, 7) is 2.15. The van der Waals surface area contributed by atoms with Gasteiger partial charge in [0.2, 0.25) is 0 Å². The molecule has 144 valence electrons. The molecule has 2 aromatic rings. The van der Waals surface area contributed by atoms with Gasteiger partial charge in [-0.25, -0.2) is 4.39 Å². The monoisotopic (exact) mass is 377 g/mol. The van der Waals surface area contributed by atoms with Crippen molar-refractivity contribution in [2.24, 2.45) is 5.92 Å². The van der Waals surface area contributed by atoms with Crippen LogP contribution in [0.5, 0.6) is 5.75 Å². The molecule has 1 heterocycles. The Kier molecular flexibility index (Phi) is 6.14. The minimum Gasteiger partial charge on any atom is -0.421 e. The fourth-order valence-corrected chi connectivity index (χ4v) is 3.60. The molecule has 0 aliphatic heterocycles. The number of benzene rings is 1. The second kappa shape index (κ2) is 8.55. The first kappa shape index (κ1) is 19.4. The predicted molar refractivity (Wildman–Crippen MR) is 94.9 cm³/mol. The summed E-state index contributed by atoms with van der Waals surface area (Å²) in [5.41, 5.74) is 2.58. The number of hydrogen-bond acceptors (Lipinski definition) is 3. The number of aryl methyl sites for hydroxylation is 1. The van der Waals surface area contributed by atoms with Crippen molar-refractivity contribution in [3.05, 3.63) is 59.2 Å². The van der Waals surface area contributed by atoms with Crippen molar-refractivity contribution in [2.45, 2.75) is 51.4 Å². The van der Waals surface area contributed by atoms with E-state index in [1.807, 2.05) is 0 Å². The number of nitrogens with zero attached hydrogens (tertiary/aromatic N) is 1. The van der Waals surface area contributed by atoms with E-state index in [0.29, 0.717) is 24.8 Å². The molecule has 0 atom stereocenters. The van der Waals surface area contributed by atoms with Crippen LogP contribution in [0.25, 0.3) is 0 Å². The Morgan fingerprint density at radius 3 is 2.37 bits per heavy atom. The lowest BCUT2D eigenvalue weighted by molar-refractivity contribution is -0.140. The Labute approximate surface area is 156 Å². The molecule has 0 unspecified atom stereocenters. The molecule has 3 rings (SSSR count). The Morgan fingerprint density at radius 1 is 1.07 bits per heavy atom. The van der Waals surface area contributed by atoms with Crippen molar-refractivity contribution in [2.75, 3.05) is 0 Å². The highest BCUT2D eigenvalue weighted by Gasteiger charge is 2.29. The van der Waals surface area contributed by atoms with Gasteiger partial charge in [0.05, 0.1) is 5.92 Å². The van der Waals surface area contributed by atoms with Gasteiger partial charge in [0, 0.05) is 6.07 Å². The van der Waals surface area contributed by atoms with Crippen LogP contribution in [0, 0.1) is 23.6 Å². The molecule has 0 radical (unpaired) electrons. The average molecular weight is 377 g/mol. The molecular weight excluding hydrogens is 355 g/mol. The number of carbonyl (C=O) groups excluding carboxylic acids is 1. The van der Waals surface area contributed by atoms with E-state index in [2.05, 4.69) is 36.2 Å². The molecule has 27 heavy (non-hydrogen) atoms. The lowest BCUT2D eigenvalue weighted by Gasteiger charge is -2.27. The first-order valence-electron chi connectivity index (χ1n) is 9.30. The maximum absolute atomic E-state index is 13.5. The van der Waals surface area contributed by atoms with Gasteiger partial charge in [-0.2, -0.15) is 13.8 Å². The van der Waals surface area contributed by atoms with Crippen molar-refractivity contribution in [3.63, 3.8) is 0 Å². The summed E-state index contributed by atoms with van der Waals surface area (Å²) in [5, 5.41) is 0. The van der Waals surface area contributed by atoms with E-state index >= 15 is 0 Å². The van der Waals surface area contributed by atoms with Crippen LogP contribution in [0.1, 0.15) is 56.1 Å². The van der Waals surface area contributed by atoms with Gasteiger partial charge < -0.3 is 4.74 Å². The first-order chi connectivity index (χ1) is 13.0. The molecule has 0 saturated heterocycles. The number of aromatic nitrogens is 1. The summed E-state index contributed by atoms with van der Waals surface area (Å²) < 4.78 is 44.5. The third-order valence-corrected chi connectivity index (χ3v) is 5.12. The van der Waals surface area contributed by atoms with Gasteiger partial charge in [-0.1, -0.05) is 37.6 Å². The molecule has 0 N–H and O–H groups in total. The van der Waals surface area contributed by atoms with E-state index in [4.69, 9.17) is 4.74 Å². The third-order valence-electron chi connectivity index (χ3n) is 5.12. The van der Waals surface area contributed by atoms with Crippen molar-refractivity contribution < 1.29 is 22.7 Å². The van der Waals surface area contributed by atoms with Gasteiger partial charge in [-0.15, -0.1) is 0 Å². The summed E-state index contributed by atoms with van der Waals surface area (Å²) in [4.78, 5) is 15.0. The molecule has 3 nitrogen and oxygen atoms in total. The van der Waals surface area contributed by atoms with Crippen molar-refractivity contribution in [3.8, 4) is 5.75 Å². The molecule has 1 aliphatic rings. The molecule has 1 saturated carbocycles. The minimum atomic E-state index is -1.56. The number of esters is 1. The van der Waals surface area contributed by atoms with E-state index in [9.17, 15) is 18.0 Å². The maximum atomic E-state index is 13.5. The summed E-state index contributed by atoms with van der Waals surface area (Å²) >= 11 is 0. The van der Waals surface area contributed by atoms with Gasteiger partial charge in [-0.05, 0) is 49.1 Å². The second-order valence-electron chi connectivity index (χ2n) is 7.01. The van der Waals surface area contributed by atoms with E-state index in [0.717, 1.165) is 25.7 Å². The van der Waals surface area contributed by atoms with Crippen molar-refractivity contribution >= 4 is 5.97 Å². The van der Waals surface area contributed by atoms with Crippen molar-refractivity contribution in [1.82, 2.24) is 4.98 Å². The smallest absolute Gasteiger partial charge is 0.314 e. The topological polar surface area (TPSA) is 39.2 Å². The number of ether oxygens (including phenoxy) is 1. The highest BCUT2D eigenvalue weighted by atomic mass is 19.2. The van der Waals surface area contributed by atoms with Crippen LogP contribution < -0.4 is 4.74 Å². The maximum Gasteiger partial charge on any atom is 0.314 e. The minimum absolute atomic E-state index is 0.381. The zero-order valence-electron chi connectivity index (χ0n) is 15.2. The summed E-state index contributed by atoms with van der Waals surface area (Å²) in [7, 11) is 0. The predicted octanol–water partition coefficient (Wildman–Crippen LogP) is 5.33. The van der Waals surface area contributed by atoms with Gasteiger partial charge in [0.25, 0.3) is 11.9 Å². The van der Waals surface area contributed by atoms with Gasteiger partial charge >= 0.3 is 5.97 Å². The second-order valence-corrected chi connectivity index (χ2v) is 7.01. The Balaban J connectivity index is 1.57. The highest BCUT2D eigenvalue weighted by Crippen LogP contribution is 2.36. The Bertz CT molecular complexity index is 800. The number of carbonyl (C=O) groups is 1. The number of hydrogen-bond donors (Lipinski definition) is 0. The molecule has 1 fully saturated rings. The number of halogens is 3. The Morgan fingerprint density at radius 2 is 1.74 bits per heavy atom. The molecule has 1 aromatic heterocycles. The van der Waals surface area contributed by atoms with Crippen LogP contribution in [0.4, 0.5) is 13.2 Å². The zero-order chi connectivity index (χ0) is 19.4. The Hall–Kier alpha value is -2.37. The molecule has 0 spiro atoms. The third kappa shape index (κ3) is 4.67. The lowest BCUT2D eigenvalue weighted by Crippen LogP contribution is -2.25. The van der Waals surface area contributed by atoms with Crippen LogP contribution in [0.15, 0.2) is 30.3 Å². The molecule has 6 heteroatoms. The zero-order valence-corrected chi connectivity index (χ0v) is 15.2. The number of pyridine rings is 1. The fourth-order valence-electron chi connectivity index (χ4n) is 3.60. The summed E-state index contributed by atoms with van der Waals surface area (Å²) in [6.07, 6.45) is 5.05. The molecule has 0 bridgehead atoms. The first-order valence-corrected chi connectivity index (χ1v) is 9.30. The van der Waals surface area contributed by atoms with Crippen LogP contribution in [0.3, 0.4) is 0 Å². The fraction of sp³-hybridized carbons (Fsp3) is 0.429. The van der Waals surface area contributed by atoms with Crippen LogP contribution in [0.2, 0.25) is 0 Å². The number of rotatable bonds is 5. The quantitative estimate of drug-likeness (QED) is 0.522. The van der Waals surface area contributed by atoms with E-state index in [-0.39, 0.29) is 5.92 Å². The largest absolute Gasteiger partial charge is 0.421 e. The average Bonchev–Trinajstić information content (AvgIpc) is 2.67. The van der Waals surface area contributed by atoms with Crippen LogP contribution >= 0.6 is 0 Å². The van der Waals surface area contributed by atoms with Crippen molar-refractivity contribution in [1.29, 1.82) is 0 Å². The summed E-state index contributed by atoms with van der Waals surface area (Å²) in [5.74, 6) is -5.54. The van der Waals surface area contributed by atoms with Crippen LogP contribution in [-0.2, 0) is 11.2 Å². The van der Waals surface area contributed by atoms with Gasteiger partial charge in [0.15, 0.2) is 11.6 Å². The SMILES string of the molecule is CCCc1ccc([C@H]2CC[C@H](C(=O)Oc3cc(F)c(F)nc3F)CC2)cc1. The van der Waals surface area contributed by atoms with Gasteiger partial charge in [0.1, 0.15) is 0 Å². The molecule has 1 aliphatic carbocycles. The molecule has 1 aromatic carbocycles. The highest BCUT2D eigenvalue weighted by molar-refractivity contribution is 5.75. The molecule has 0 amide bonds. The normalized spacial score (nSPS) is 19.7. The van der Waals surface area contributed by atoms with E-state index in [1.54, 1.807) is 0 Å². The van der Waals surface area contributed by atoms with Gasteiger partial charge in [-0.3, -0.25) is 4.79 Å². The molecular formula is C21H22F3NO2. The van der Waals surface area contributed by atoms with E-state index < -0.39 is 29.4 Å². The summed E-state index contributed by atoms with van der Waals surface area (Å²) in [6, 6.07) is 9.11. The van der Waals surface area contributed by atoms with Crippen LogP contribution in [-0.4, -0.2) is 11.0 Å². The van der Waals surface area contributed by atoms with E-state index in [1.165, 1.54) is 11.1 Å².